The van der Waals surface area contributed by atoms with Crippen molar-refractivity contribution in [3.63, 3.8) is 0 Å². The second-order valence-electron chi connectivity index (χ2n) is 11.5. The molecule has 0 spiro atoms. The van der Waals surface area contributed by atoms with Crippen molar-refractivity contribution < 1.29 is 19.4 Å². The van der Waals surface area contributed by atoms with E-state index in [4.69, 9.17) is 26.1 Å². The summed E-state index contributed by atoms with van der Waals surface area (Å²) < 4.78 is 13.2. The van der Waals surface area contributed by atoms with Gasteiger partial charge in [0.2, 0.25) is 5.88 Å². The van der Waals surface area contributed by atoms with E-state index in [9.17, 15) is 19.5 Å². The van der Waals surface area contributed by atoms with Crippen LogP contribution in [0.5, 0.6) is 5.88 Å². The number of aliphatic hydroxyl groups is 1. The third-order valence-electron chi connectivity index (χ3n) is 8.62. The molecule has 0 unspecified atom stereocenters. The molecule has 46 heavy (non-hydrogen) atoms. The van der Waals surface area contributed by atoms with Crippen LogP contribution < -0.4 is 26.6 Å². The molecule has 1 amide bonds. The van der Waals surface area contributed by atoms with Crippen LogP contribution in [0.2, 0.25) is 5.02 Å². The van der Waals surface area contributed by atoms with Crippen molar-refractivity contribution in [3.05, 3.63) is 108 Å². The molecule has 0 radical (unpaired) electrons. The minimum atomic E-state index is -0.699. The Morgan fingerprint density at radius 1 is 1.11 bits per heavy atom. The van der Waals surface area contributed by atoms with Gasteiger partial charge in [-0.2, -0.15) is 0 Å². The smallest absolute Gasteiger partial charge is 0.330 e. The number of halogens is 1. The molecule has 1 atom stereocenters. The molecule has 2 aromatic heterocycles. The molecule has 0 saturated heterocycles. The van der Waals surface area contributed by atoms with Gasteiger partial charge in [0.1, 0.15) is 17.9 Å². The highest BCUT2D eigenvalue weighted by Crippen LogP contribution is 2.42. The van der Waals surface area contributed by atoms with E-state index in [1.54, 1.807) is 19.2 Å². The molecular weight excluding hydrogens is 610 g/mol. The lowest BCUT2D eigenvalue weighted by Crippen LogP contribution is -2.40. The number of aryl methyl sites for hydroxylation is 2. The lowest BCUT2D eigenvalue weighted by Gasteiger charge is -2.23. The quantitative estimate of drug-likeness (QED) is 0.261. The van der Waals surface area contributed by atoms with Crippen LogP contribution in [0, 0.1) is 6.92 Å². The molecule has 0 fully saturated rings. The molecule has 11 nitrogen and oxygen atoms in total. The molecule has 3 N–H and O–H groups in total. The summed E-state index contributed by atoms with van der Waals surface area (Å²) in [5, 5.41) is 16.8. The lowest BCUT2D eigenvalue weighted by atomic mass is 9.93. The molecule has 3 heterocycles. The first-order valence-electron chi connectivity index (χ1n) is 14.9. The number of carbonyl (C=O) groups excluding carboxylic acids is 1. The Morgan fingerprint density at radius 3 is 2.61 bits per heavy atom. The SMILES string of the molecule is COc1nc(-c2cccc(-c3cccc(NC(=O)c4cn(C)c(=O)n(C)c4=O)c3Cl)c2C)cc2c1[C@@H](NC1=C(O)COCC1)CC2. The zero-order valence-corrected chi connectivity index (χ0v) is 26.7. The second-order valence-corrected chi connectivity index (χ2v) is 11.8. The monoisotopic (exact) mass is 643 g/mol. The third kappa shape index (κ3) is 5.56. The molecule has 2 aliphatic rings. The number of fused-ring (bicyclic) bond motifs is 1. The van der Waals surface area contributed by atoms with Crippen molar-refractivity contribution in [1.29, 1.82) is 0 Å². The molecule has 12 heteroatoms. The van der Waals surface area contributed by atoms with Crippen LogP contribution in [0.3, 0.4) is 0 Å². The number of ether oxygens (including phenoxy) is 2. The van der Waals surface area contributed by atoms with E-state index in [-0.39, 0.29) is 24.0 Å². The largest absolute Gasteiger partial charge is 0.508 e. The number of anilines is 1. The highest BCUT2D eigenvalue weighted by atomic mass is 35.5. The maximum absolute atomic E-state index is 13.1. The van der Waals surface area contributed by atoms with Crippen LogP contribution >= 0.6 is 11.6 Å². The first-order chi connectivity index (χ1) is 22.1. The van der Waals surface area contributed by atoms with E-state index >= 15 is 0 Å². The predicted octanol–water partition coefficient (Wildman–Crippen LogP) is 4.80. The highest BCUT2D eigenvalue weighted by Gasteiger charge is 2.30. The molecule has 6 rings (SSSR count). The van der Waals surface area contributed by atoms with Crippen molar-refractivity contribution in [1.82, 2.24) is 19.4 Å². The van der Waals surface area contributed by atoms with E-state index in [2.05, 4.69) is 16.7 Å². The van der Waals surface area contributed by atoms with Crippen molar-refractivity contribution >= 4 is 23.2 Å². The first-order valence-corrected chi connectivity index (χ1v) is 15.3. The fourth-order valence-corrected chi connectivity index (χ4v) is 6.45. The van der Waals surface area contributed by atoms with E-state index in [1.807, 2.05) is 31.2 Å². The minimum Gasteiger partial charge on any atom is -0.508 e. The van der Waals surface area contributed by atoms with Crippen LogP contribution in [-0.4, -0.2) is 45.5 Å². The van der Waals surface area contributed by atoms with Crippen LogP contribution in [0.15, 0.2) is 69.7 Å². The van der Waals surface area contributed by atoms with Gasteiger partial charge in [-0.1, -0.05) is 41.9 Å². The summed E-state index contributed by atoms with van der Waals surface area (Å²) in [4.78, 5) is 42.7. The number of carbonyl (C=O) groups is 1. The molecule has 2 aromatic carbocycles. The van der Waals surface area contributed by atoms with Crippen molar-refractivity contribution in [3.8, 4) is 28.3 Å². The number of amides is 1. The summed E-state index contributed by atoms with van der Waals surface area (Å²) in [5.74, 6) is 0.0901. The summed E-state index contributed by atoms with van der Waals surface area (Å²) in [6.07, 6.45) is 3.51. The molecule has 4 aromatic rings. The third-order valence-corrected chi connectivity index (χ3v) is 9.03. The molecule has 1 aliphatic carbocycles. The normalized spacial score (nSPS) is 15.9. The van der Waals surface area contributed by atoms with Gasteiger partial charge in [-0.25, -0.2) is 9.78 Å². The standard InChI is InChI=1S/C34H34ClN5O6/c1-18-20(22-9-6-10-26(30(22)35)37-31(42)23-16-39(2)34(44)40(3)33(23)43)7-5-8-21(18)27-15-19-11-12-25(29(19)32(38-27)45-4)36-24-13-14-46-17-28(24)41/h5-10,15-16,25,36,41H,11-14,17H2,1-4H3,(H,37,42)/t25-/m0/s1. The average Bonchev–Trinajstić information content (AvgIpc) is 3.46. The summed E-state index contributed by atoms with van der Waals surface area (Å²) in [6, 6.07) is 13.2. The Hall–Kier alpha value is -4.87. The second kappa shape index (κ2) is 12.5. The number of hydrogen-bond donors (Lipinski definition) is 3. The number of nitrogens with one attached hydrogen (secondary N) is 2. The van der Waals surface area contributed by atoms with Gasteiger partial charge in [0, 0.05) is 43.4 Å². The van der Waals surface area contributed by atoms with E-state index in [0.717, 1.165) is 56.6 Å². The van der Waals surface area contributed by atoms with Gasteiger partial charge in [0.15, 0.2) is 0 Å². The number of aliphatic hydroxyl groups excluding tert-OH is 1. The summed E-state index contributed by atoms with van der Waals surface area (Å²) in [5.41, 5.74) is 5.96. The summed E-state index contributed by atoms with van der Waals surface area (Å²) >= 11 is 6.88. The predicted molar refractivity (Wildman–Crippen MR) is 176 cm³/mol. The number of rotatable bonds is 7. The Balaban J connectivity index is 1.33. The number of hydrogen-bond acceptors (Lipinski definition) is 8. The minimum absolute atomic E-state index is 0.0353. The number of pyridine rings is 1. The Labute approximate surface area is 270 Å². The van der Waals surface area contributed by atoms with Gasteiger partial charge < -0.3 is 29.8 Å². The average molecular weight is 644 g/mol. The molecule has 1 aliphatic heterocycles. The fourth-order valence-electron chi connectivity index (χ4n) is 6.18. The molecular formula is C34H34ClN5O6. The molecule has 0 bridgehead atoms. The number of nitrogens with zero attached hydrogens (tertiary/aromatic N) is 3. The zero-order chi connectivity index (χ0) is 32.7. The maximum atomic E-state index is 13.1. The van der Waals surface area contributed by atoms with Gasteiger partial charge in [-0.3, -0.25) is 14.2 Å². The fraction of sp³-hybridized carbons (Fsp3) is 0.294. The van der Waals surface area contributed by atoms with E-state index in [0.29, 0.717) is 35.2 Å². The van der Waals surface area contributed by atoms with Gasteiger partial charge in [-0.15, -0.1) is 0 Å². The molecule has 238 valence electrons. The van der Waals surface area contributed by atoms with Gasteiger partial charge in [0.25, 0.3) is 11.5 Å². The van der Waals surface area contributed by atoms with Crippen molar-refractivity contribution in [2.45, 2.75) is 32.2 Å². The summed E-state index contributed by atoms with van der Waals surface area (Å²) in [7, 11) is 4.41. The van der Waals surface area contributed by atoms with Gasteiger partial charge in [-0.05, 0) is 48.6 Å². The van der Waals surface area contributed by atoms with Crippen molar-refractivity contribution in [2.75, 3.05) is 25.6 Å². The lowest BCUT2D eigenvalue weighted by molar-refractivity contribution is 0.102. The van der Waals surface area contributed by atoms with Gasteiger partial charge >= 0.3 is 5.69 Å². The van der Waals surface area contributed by atoms with Crippen molar-refractivity contribution in [2.24, 2.45) is 14.1 Å². The highest BCUT2D eigenvalue weighted by molar-refractivity contribution is 6.36. The van der Waals surface area contributed by atoms with Crippen LogP contribution in [0.4, 0.5) is 5.69 Å². The van der Waals surface area contributed by atoms with E-state index < -0.39 is 17.2 Å². The maximum Gasteiger partial charge on any atom is 0.330 e. The van der Waals surface area contributed by atoms with Crippen LogP contribution in [0.1, 0.15) is 45.9 Å². The topological polar surface area (TPSA) is 137 Å². The Kier molecular flexibility index (Phi) is 8.45. The van der Waals surface area contributed by atoms with Gasteiger partial charge in [0.05, 0.1) is 41.9 Å². The van der Waals surface area contributed by atoms with E-state index in [1.165, 1.54) is 24.9 Å². The Bertz CT molecular complexity index is 2030. The number of aromatic nitrogens is 3. The first kappa shape index (κ1) is 31.1. The summed E-state index contributed by atoms with van der Waals surface area (Å²) in [6.45, 7) is 2.76. The number of benzene rings is 2. The molecule has 0 saturated carbocycles. The van der Waals surface area contributed by atoms with Crippen LogP contribution in [0.25, 0.3) is 22.4 Å². The zero-order valence-electron chi connectivity index (χ0n) is 25.9. The Morgan fingerprint density at radius 2 is 1.85 bits per heavy atom. The van der Waals surface area contributed by atoms with Crippen LogP contribution in [-0.2, 0) is 25.3 Å². The number of methoxy groups -OCH3 is 1.